The van der Waals surface area contributed by atoms with Crippen molar-refractivity contribution in [3.63, 3.8) is 0 Å². The van der Waals surface area contributed by atoms with Crippen LogP contribution in [0.4, 0.5) is 0 Å². The third-order valence-corrected chi connectivity index (χ3v) is 3.19. The average Bonchev–Trinajstić information content (AvgIpc) is 2.47. The first-order valence-corrected chi connectivity index (χ1v) is 6.13. The summed E-state index contributed by atoms with van der Waals surface area (Å²) in [6.07, 6.45) is 4.07. The lowest BCUT2D eigenvalue weighted by molar-refractivity contribution is -0.0448. The summed E-state index contributed by atoms with van der Waals surface area (Å²) >= 11 is 0. The van der Waals surface area contributed by atoms with Crippen LogP contribution in [0.2, 0.25) is 0 Å². The predicted molar refractivity (Wildman–Crippen MR) is 72.8 cm³/mol. The second-order valence-electron chi connectivity index (χ2n) is 4.39. The van der Waals surface area contributed by atoms with Crippen LogP contribution in [0.3, 0.4) is 0 Å². The van der Waals surface area contributed by atoms with E-state index in [0.29, 0.717) is 0 Å². The van der Waals surface area contributed by atoms with Gasteiger partial charge in [0.25, 0.3) is 0 Å². The second kappa shape index (κ2) is 4.57. The number of hydrogen-bond acceptors (Lipinski definition) is 2. The maximum absolute atomic E-state index is 5.89. The highest BCUT2D eigenvalue weighted by atomic mass is 16.7. The summed E-state index contributed by atoms with van der Waals surface area (Å²) in [5, 5.41) is 1.89. The van der Waals surface area contributed by atoms with E-state index >= 15 is 0 Å². The van der Waals surface area contributed by atoms with Gasteiger partial charge in [-0.05, 0) is 24.6 Å². The largest absolute Gasteiger partial charge is 0.379 e. The van der Waals surface area contributed by atoms with Crippen LogP contribution in [0.5, 0.6) is 5.75 Å². The van der Waals surface area contributed by atoms with E-state index in [9.17, 15) is 0 Å². The molecule has 0 saturated heterocycles. The molecule has 2 heteroatoms. The van der Waals surface area contributed by atoms with Gasteiger partial charge in [0.1, 0.15) is 0 Å². The third-order valence-electron chi connectivity index (χ3n) is 3.19. The van der Waals surface area contributed by atoms with Crippen molar-refractivity contribution in [3.8, 4) is 5.75 Å². The van der Waals surface area contributed by atoms with Crippen LogP contribution in [-0.2, 0) is 0 Å². The zero-order valence-corrected chi connectivity index (χ0v) is 10.3. The minimum Gasteiger partial charge on any atom is -0.379 e. The highest BCUT2D eigenvalue weighted by Crippen LogP contribution is 2.30. The van der Waals surface area contributed by atoms with Crippen LogP contribution in [0.15, 0.2) is 60.8 Å². The normalized spacial score (nSPS) is 14.8. The Morgan fingerprint density at radius 3 is 2.50 bits per heavy atom. The fourth-order valence-electron chi connectivity index (χ4n) is 2.09. The Labute approximate surface area is 107 Å². The van der Waals surface area contributed by atoms with Crippen molar-refractivity contribution in [1.29, 1.82) is 0 Å². The Hall–Kier alpha value is -2.22. The lowest BCUT2D eigenvalue weighted by Crippen LogP contribution is -2.27. The Morgan fingerprint density at radius 1 is 0.944 bits per heavy atom. The molecular weight excluding hydrogens is 222 g/mol. The van der Waals surface area contributed by atoms with E-state index in [1.165, 1.54) is 5.56 Å². The van der Waals surface area contributed by atoms with E-state index in [2.05, 4.69) is 31.2 Å². The van der Waals surface area contributed by atoms with Crippen LogP contribution in [0, 0.1) is 0 Å². The topological polar surface area (TPSA) is 12.5 Å². The molecule has 2 aromatic rings. The molecule has 18 heavy (non-hydrogen) atoms. The molecule has 2 aromatic carbocycles. The van der Waals surface area contributed by atoms with Gasteiger partial charge >= 0.3 is 0 Å². The van der Waals surface area contributed by atoms with Gasteiger partial charge in [0.15, 0.2) is 5.75 Å². The molecule has 1 aliphatic heterocycles. The number of hydroxylamine groups is 2. The summed E-state index contributed by atoms with van der Waals surface area (Å²) in [6.45, 7) is 2.13. The van der Waals surface area contributed by atoms with Crippen LogP contribution in [0.1, 0.15) is 24.1 Å². The maximum atomic E-state index is 5.89. The summed E-state index contributed by atoms with van der Waals surface area (Å²) in [7, 11) is 0. The van der Waals surface area contributed by atoms with E-state index < -0.39 is 0 Å². The smallest absolute Gasteiger partial charge is 0.162 e. The fourth-order valence-corrected chi connectivity index (χ4v) is 2.09. The van der Waals surface area contributed by atoms with Gasteiger partial charge in [-0.15, -0.1) is 0 Å². The highest BCUT2D eigenvalue weighted by Gasteiger charge is 2.18. The van der Waals surface area contributed by atoms with Crippen LogP contribution >= 0.6 is 0 Å². The van der Waals surface area contributed by atoms with Crippen molar-refractivity contribution in [3.05, 3.63) is 71.9 Å². The predicted octanol–water partition coefficient (Wildman–Crippen LogP) is 4.03. The fraction of sp³-hybridized carbons (Fsp3) is 0.125. The minimum absolute atomic E-state index is 0.191. The second-order valence-corrected chi connectivity index (χ2v) is 4.39. The molecule has 0 amide bonds. The number of nitrogens with zero attached hydrogens (tertiary/aromatic N) is 1. The molecule has 0 fully saturated rings. The molecule has 0 N–H and O–H groups in total. The van der Waals surface area contributed by atoms with Crippen molar-refractivity contribution in [1.82, 2.24) is 5.06 Å². The molecule has 0 aromatic heterocycles. The van der Waals surface area contributed by atoms with Crippen LogP contribution < -0.4 is 4.84 Å². The van der Waals surface area contributed by atoms with E-state index in [0.717, 1.165) is 11.3 Å². The first-order valence-electron chi connectivity index (χ1n) is 6.13. The molecule has 1 aliphatic rings. The molecule has 1 unspecified atom stereocenters. The number of hydrogen-bond donors (Lipinski definition) is 0. The quantitative estimate of drug-likeness (QED) is 0.782. The lowest BCUT2D eigenvalue weighted by Gasteiger charge is -2.30. The molecule has 2 nitrogen and oxygen atoms in total. The molecular formula is C16H15NO. The summed E-state index contributed by atoms with van der Waals surface area (Å²) in [6, 6.07) is 18.6. The molecule has 0 bridgehead atoms. The number of rotatable bonds is 2. The van der Waals surface area contributed by atoms with Gasteiger partial charge in [0.2, 0.25) is 0 Å². The van der Waals surface area contributed by atoms with Crippen molar-refractivity contribution >= 4 is 6.08 Å². The van der Waals surface area contributed by atoms with E-state index in [1.54, 1.807) is 0 Å². The zero-order valence-electron chi connectivity index (χ0n) is 10.3. The first-order chi connectivity index (χ1) is 8.84. The Bertz CT molecular complexity index is 562. The molecule has 1 atom stereocenters. The van der Waals surface area contributed by atoms with Crippen molar-refractivity contribution in [2.24, 2.45) is 0 Å². The van der Waals surface area contributed by atoms with Crippen LogP contribution in [0.25, 0.3) is 6.08 Å². The summed E-state index contributed by atoms with van der Waals surface area (Å²) in [5.41, 5.74) is 2.36. The van der Waals surface area contributed by atoms with E-state index in [4.69, 9.17) is 4.84 Å². The Balaban J connectivity index is 1.85. The van der Waals surface area contributed by atoms with Crippen molar-refractivity contribution < 1.29 is 4.84 Å². The zero-order chi connectivity index (χ0) is 12.4. The number of fused-ring (bicyclic) bond motifs is 1. The molecule has 0 spiro atoms. The summed E-state index contributed by atoms with van der Waals surface area (Å²) in [5.74, 6) is 0.905. The number of para-hydroxylation sites is 1. The monoisotopic (exact) mass is 237 g/mol. The van der Waals surface area contributed by atoms with Gasteiger partial charge in [-0.1, -0.05) is 48.5 Å². The lowest BCUT2D eigenvalue weighted by atomic mass is 10.1. The van der Waals surface area contributed by atoms with Crippen molar-refractivity contribution in [2.75, 3.05) is 0 Å². The summed E-state index contributed by atoms with van der Waals surface area (Å²) < 4.78 is 0. The minimum atomic E-state index is 0.191. The Morgan fingerprint density at radius 2 is 1.67 bits per heavy atom. The number of benzene rings is 2. The molecule has 90 valence electrons. The van der Waals surface area contributed by atoms with Gasteiger partial charge in [0, 0.05) is 11.8 Å². The van der Waals surface area contributed by atoms with Crippen LogP contribution in [-0.4, -0.2) is 5.06 Å². The highest BCUT2D eigenvalue weighted by molar-refractivity contribution is 5.58. The standard InChI is InChI=1S/C16H15NO/c1-13(14-7-3-2-4-8-14)17-12-11-15-9-5-6-10-16(15)18-17/h2-13H,1H3. The molecule has 3 rings (SSSR count). The van der Waals surface area contributed by atoms with Gasteiger partial charge in [-0.3, -0.25) is 0 Å². The van der Waals surface area contributed by atoms with Gasteiger partial charge < -0.3 is 4.84 Å². The van der Waals surface area contributed by atoms with Gasteiger partial charge in [-0.2, -0.15) is 0 Å². The van der Waals surface area contributed by atoms with Gasteiger partial charge in [0.05, 0.1) is 6.04 Å². The molecule has 0 aliphatic carbocycles. The molecule has 0 saturated carbocycles. The van der Waals surface area contributed by atoms with E-state index in [-0.39, 0.29) is 6.04 Å². The third kappa shape index (κ3) is 1.97. The maximum Gasteiger partial charge on any atom is 0.162 e. The van der Waals surface area contributed by atoms with Crippen molar-refractivity contribution in [2.45, 2.75) is 13.0 Å². The molecule has 1 heterocycles. The first kappa shape index (κ1) is 10.9. The van der Waals surface area contributed by atoms with Gasteiger partial charge in [-0.25, -0.2) is 5.06 Å². The Kier molecular flexibility index (Phi) is 2.77. The average molecular weight is 237 g/mol. The van der Waals surface area contributed by atoms with E-state index in [1.807, 2.05) is 47.7 Å². The molecule has 0 radical (unpaired) electrons. The summed E-state index contributed by atoms with van der Waals surface area (Å²) in [4.78, 5) is 5.89. The SMILES string of the molecule is CC(c1ccccc1)N1C=Cc2ccccc2O1.